The molecular weight excluding hydrogens is 242 g/mol. The van der Waals surface area contributed by atoms with Crippen molar-refractivity contribution in [2.75, 3.05) is 29.7 Å². The number of hydrogen-bond donors (Lipinski definition) is 1. The Morgan fingerprint density at radius 2 is 2.31 bits per heavy atom. The SMILES string of the molecule is CSCCC(C)N(C)c1ncc(N)cc1Cl. The molecule has 0 aliphatic heterocycles. The number of rotatable bonds is 5. The largest absolute Gasteiger partial charge is 0.397 e. The number of nitrogens with two attached hydrogens (primary N) is 1. The van der Waals surface area contributed by atoms with Crippen molar-refractivity contribution >= 4 is 34.9 Å². The predicted molar refractivity (Wildman–Crippen MR) is 74.5 cm³/mol. The number of aromatic nitrogens is 1. The van der Waals surface area contributed by atoms with Crippen LogP contribution in [0, 0.1) is 0 Å². The zero-order valence-corrected chi connectivity index (χ0v) is 11.5. The lowest BCUT2D eigenvalue weighted by Gasteiger charge is -2.26. The molecule has 1 atom stereocenters. The van der Waals surface area contributed by atoms with Gasteiger partial charge in [0.25, 0.3) is 0 Å². The van der Waals surface area contributed by atoms with Crippen LogP contribution < -0.4 is 10.6 Å². The van der Waals surface area contributed by atoms with Crippen LogP contribution >= 0.6 is 23.4 Å². The van der Waals surface area contributed by atoms with E-state index in [1.807, 2.05) is 18.8 Å². The van der Waals surface area contributed by atoms with Crippen LogP contribution in [0.3, 0.4) is 0 Å². The van der Waals surface area contributed by atoms with Crippen LogP contribution in [0.4, 0.5) is 11.5 Å². The summed E-state index contributed by atoms with van der Waals surface area (Å²) in [4.78, 5) is 6.36. The Labute approximate surface area is 106 Å². The van der Waals surface area contributed by atoms with Crippen LogP contribution in [0.1, 0.15) is 13.3 Å². The maximum Gasteiger partial charge on any atom is 0.147 e. The summed E-state index contributed by atoms with van der Waals surface area (Å²) in [6.07, 6.45) is 4.86. The predicted octanol–water partition coefficient (Wildman–Crippen LogP) is 2.90. The number of nitrogen functional groups attached to an aromatic ring is 1. The average molecular weight is 260 g/mol. The van der Waals surface area contributed by atoms with Gasteiger partial charge in [-0.25, -0.2) is 4.98 Å². The first-order chi connectivity index (χ1) is 7.56. The van der Waals surface area contributed by atoms with Crippen LogP contribution in [0.15, 0.2) is 12.3 Å². The van der Waals surface area contributed by atoms with Gasteiger partial charge in [-0.2, -0.15) is 11.8 Å². The Morgan fingerprint density at radius 1 is 1.62 bits per heavy atom. The maximum absolute atomic E-state index is 6.11. The number of halogens is 1. The van der Waals surface area contributed by atoms with Gasteiger partial charge in [-0.1, -0.05) is 11.6 Å². The molecule has 0 aromatic carbocycles. The van der Waals surface area contributed by atoms with E-state index in [1.54, 1.807) is 12.3 Å². The van der Waals surface area contributed by atoms with Gasteiger partial charge in [0.2, 0.25) is 0 Å². The van der Waals surface area contributed by atoms with E-state index >= 15 is 0 Å². The van der Waals surface area contributed by atoms with E-state index in [0.717, 1.165) is 18.0 Å². The lowest BCUT2D eigenvalue weighted by Crippen LogP contribution is -2.30. The molecule has 0 saturated carbocycles. The highest BCUT2D eigenvalue weighted by atomic mass is 35.5. The van der Waals surface area contributed by atoms with Gasteiger partial charge in [-0.05, 0) is 31.4 Å². The van der Waals surface area contributed by atoms with Gasteiger partial charge >= 0.3 is 0 Å². The van der Waals surface area contributed by atoms with Gasteiger partial charge in [0.05, 0.1) is 16.9 Å². The van der Waals surface area contributed by atoms with Crippen molar-refractivity contribution in [3.63, 3.8) is 0 Å². The van der Waals surface area contributed by atoms with Crippen molar-refractivity contribution in [2.45, 2.75) is 19.4 Å². The quantitative estimate of drug-likeness (QED) is 0.883. The van der Waals surface area contributed by atoms with Crippen molar-refractivity contribution in [3.05, 3.63) is 17.3 Å². The monoisotopic (exact) mass is 259 g/mol. The molecule has 0 fully saturated rings. The summed E-state index contributed by atoms with van der Waals surface area (Å²) in [5.74, 6) is 1.93. The molecule has 2 N–H and O–H groups in total. The molecule has 3 nitrogen and oxygen atoms in total. The van der Waals surface area contributed by atoms with Crippen LogP contribution in [-0.2, 0) is 0 Å². The highest BCUT2D eigenvalue weighted by Crippen LogP contribution is 2.26. The molecule has 0 aliphatic rings. The topological polar surface area (TPSA) is 42.2 Å². The van der Waals surface area contributed by atoms with E-state index in [2.05, 4.69) is 23.1 Å². The molecule has 5 heteroatoms. The second kappa shape index (κ2) is 6.21. The summed E-state index contributed by atoms with van der Waals surface area (Å²) in [6.45, 7) is 2.17. The van der Waals surface area contributed by atoms with Gasteiger partial charge in [0.15, 0.2) is 0 Å². The van der Waals surface area contributed by atoms with Gasteiger partial charge in [-0.3, -0.25) is 0 Å². The smallest absolute Gasteiger partial charge is 0.147 e. The van der Waals surface area contributed by atoms with Gasteiger partial charge in [0, 0.05) is 13.1 Å². The molecule has 0 saturated heterocycles. The zero-order valence-electron chi connectivity index (χ0n) is 9.90. The molecule has 0 bridgehead atoms. The average Bonchev–Trinajstić information content (AvgIpc) is 2.25. The Bertz CT molecular complexity index is 346. The second-order valence-electron chi connectivity index (χ2n) is 3.82. The van der Waals surface area contributed by atoms with E-state index in [9.17, 15) is 0 Å². The molecule has 0 amide bonds. The summed E-state index contributed by atoms with van der Waals surface area (Å²) in [5, 5.41) is 0.610. The number of thioether (sulfide) groups is 1. The number of hydrogen-bond acceptors (Lipinski definition) is 4. The maximum atomic E-state index is 6.11. The summed E-state index contributed by atoms with van der Waals surface area (Å²) < 4.78 is 0. The Morgan fingerprint density at radius 3 is 2.88 bits per heavy atom. The Balaban J connectivity index is 2.75. The van der Waals surface area contributed by atoms with Crippen molar-refractivity contribution in [1.29, 1.82) is 0 Å². The fourth-order valence-electron chi connectivity index (χ4n) is 1.40. The van der Waals surface area contributed by atoms with Crippen LogP contribution in [0.5, 0.6) is 0 Å². The minimum Gasteiger partial charge on any atom is -0.397 e. The van der Waals surface area contributed by atoms with Gasteiger partial charge < -0.3 is 10.6 Å². The van der Waals surface area contributed by atoms with Crippen LogP contribution in [0.2, 0.25) is 5.02 Å². The summed E-state index contributed by atoms with van der Waals surface area (Å²) in [6, 6.07) is 2.16. The fraction of sp³-hybridized carbons (Fsp3) is 0.545. The first-order valence-corrected chi connectivity index (χ1v) is 6.96. The van der Waals surface area contributed by atoms with E-state index in [-0.39, 0.29) is 0 Å². The molecule has 90 valence electrons. The zero-order chi connectivity index (χ0) is 12.1. The molecule has 0 aliphatic carbocycles. The standard InChI is InChI=1S/C11H18ClN3S/c1-8(4-5-16-3)15(2)11-10(12)6-9(13)7-14-11/h6-8H,4-5,13H2,1-3H3. The van der Waals surface area contributed by atoms with Crippen molar-refractivity contribution in [3.8, 4) is 0 Å². The third-order valence-electron chi connectivity index (χ3n) is 2.58. The molecule has 16 heavy (non-hydrogen) atoms. The summed E-state index contributed by atoms with van der Waals surface area (Å²) >= 11 is 7.96. The number of anilines is 2. The lowest BCUT2D eigenvalue weighted by atomic mass is 10.2. The Kier molecular flexibility index (Phi) is 5.22. The number of nitrogens with zero attached hydrogens (tertiary/aromatic N) is 2. The molecule has 1 rings (SSSR count). The minimum absolute atomic E-state index is 0.418. The minimum atomic E-state index is 0.418. The third kappa shape index (κ3) is 3.46. The lowest BCUT2D eigenvalue weighted by molar-refractivity contribution is 0.662. The summed E-state index contributed by atoms with van der Waals surface area (Å²) in [5.41, 5.74) is 6.21. The first-order valence-electron chi connectivity index (χ1n) is 5.19. The Hall–Kier alpha value is -0.610. The first kappa shape index (κ1) is 13.5. The second-order valence-corrected chi connectivity index (χ2v) is 5.21. The molecule has 1 unspecified atom stereocenters. The van der Waals surface area contributed by atoms with E-state index in [1.165, 1.54) is 0 Å². The normalized spacial score (nSPS) is 12.5. The molecule has 0 spiro atoms. The number of pyridine rings is 1. The molecule has 1 aromatic heterocycles. The van der Waals surface area contributed by atoms with Crippen molar-refractivity contribution in [1.82, 2.24) is 4.98 Å². The van der Waals surface area contributed by atoms with E-state index in [4.69, 9.17) is 17.3 Å². The highest BCUT2D eigenvalue weighted by Gasteiger charge is 2.13. The van der Waals surface area contributed by atoms with E-state index < -0.39 is 0 Å². The van der Waals surface area contributed by atoms with Gasteiger partial charge in [-0.15, -0.1) is 0 Å². The molecule has 1 aromatic rings. The molecular formula is C11H18ClN3S. The van der Waals surface area contributed by atoms with Crippen molar-refractivity contribution in [2.24, 2.45) is 0 Å². The third-order valence-corrected chi connectivity index (χ3v) is 3.50. The van der Waals surface area contributed by atoms with Crippen molar-refractivity contribution < 1.29 is 0 Å². The fourth-order valence-corrected chi connectivity index (χ4v) is 2.28. The van der Waals surface area contributed by atoms with Crippen LogP contribution in [-0.4, -0.2) is 30.1 Å². The summed E-state index contributed by atoms with van der Waals surface area (Å²) in [7, 11) is 2.01. The van der Waals surface area contributed by atoms with Gasteiger partial charge in [0.1, 0.15) is 5.82 Å². The highest BCUT2D eigenvalue weighted by molar-refractivity contribution is 7.98. The van der Waals surface area contributed by atoms with E-state index in [0.29, 0.717) is 16.8 Å². The molecule has 0 radical (unpaired) electrons. The van der Waals surface area contributed by atoms with Crippen LogP contribution in [0.25, 0.3) is 0 Å². The molecule has 1 heterocycles.